The zero-order valence-corrected chi connectivity index (χ0v) is 6.05. The number of carbonyl (C=O) groups excluding carboxylic acids is 3. The molecule has 0 amide bonds. The van der Waals surface area contributed by atoms with Crippen LogP contribution in [0.4, 0.5) is 0 Å². The Balaban J connectivity index is 3.57. The Labute approximate surface area is 46.0 Å². The van der Waals surface area contributed by atoms with Crippen molar-refractivity contribution in [3.05, 3.63) is 0 Å². The van der Waals surface area contributed by atoms with Crippen molar-refractivity contribution in [3.8, 4) is 0 Å². The SMILES string of the molecule is O=[CH][Re]([CH]=O)[CH]=O. The van der Waals surface area contributed by atoms with Crippen LogP contribution in [0.15, 0.2) is 0 Å². The minimum atomic E-state index is -2.60. The monoisotopic (exact) mass is 274 g/mol. The van der Waals surface area contributed by atoms with Crippen molar-refractivity contribution in [3.63, 3.8) is 0 Å². The second kappa shape index (κ2) is 3.85. The third-order valence-electron chi connectivity index (χ3n) is 0.309. The molecule has 0 aromatic rings. The molecule has 0 aliphatic rings. The van der Waals surface area contributed by atoms with Crippen LogP contribution >= 0.6 is 0 Å². The van der Waals surface area contributed by atoms with Crippen molar-refractivity contribution in [1.29, 1.82) is 0 Å². The van der Waals surface area contributed by atoms with Gasteiger partial charge in [0.15, 0.2) is 0 Å². The molecule has 0 aromatic heterocycles. The van der Waals surface area contributed by atoms with Crippen LogP contribution in [0.3, 0.4) is 0 Å². The van der Waals surface area contributed by atoms with Gasteiger partial charge in [-0.05, 0) is 0 Å². The first-order valence-electron chi connectivity index (χ1n) is 1.36. The van der Waals surface area contributed by atoms with E-state index in [1.165, 1.54) is 0 Å². The Bertz CT molecular complexity index is 71.2. The second-order valence-electron chi connectivity index (χ2n) is 0.645. The molecule has 0 spiro atoms. The van der Waals surface area contributed by atoms with Crippen molar-refractivity contribution in [2.24, 2.45) is 0 Å². The van der Waals surface area contributed by atoms with Crippen LogP contribution in [-0.4, -0.2) is 14.3 Å². The maximum atomic E-state index is 9.59. The van der Waals surface area contributed by atoms with E-state index in [0.29, 0.717) is 14.3 Å². The fourth-order valence-electron chi connectivity index (χ4n) is 0.0630. The molecule has 40 valence electrons. The van der Waals surface area contributed by atoms with Crippen molar-refractivity contribution in [1.82, 2.24) is 0 Å². The van der Waals surface area contributed by atoms with E-state index in [2.05, 4.69) is 0 Å². The summed E-state index contributed by atoms with van der Waals surface area (Å²) in [5.41, 5.74) is 0. The third-order valence-corrected chi connectivity index (χ3v) is 2.53. The molecule has 0 aromatic carbocycles. The van der Waals surface area contributed by atoms with Gasteiger partial charge in [0.1, 0.15) is 0 Å². The molecule has 0 aliphatic heterocycles. The average Bonchev–Trinajstić information content (AvgIpc) is 1.72. The molecule has 0 rings (SSSR count). The third kappa shape index (κ3) is 2.38. The van der Waals surface area contributed by atoms with Crippen molar-refractivity contribution >= 4 is 14.3 Å². The zero-order chi connectivity index (χ0) is 5.70. The molecule has 0 heterocycles. The van der Waals surface area contributed by atoms with Gasteiger partial charge in [-0.3, -0.25) is 0 Å². The molecule has 0 aliphatic carbocycles. The normalized spacial score (nSPS) is 9.43. The first-order valence-corrected chi connectivity index (χ1v) is 6.07. The van der Waals surface area contributed by atoms with Gasteiger partial charge in [0.05, 0.1) is 0 Å². The summed E-state index contributed by atoms with van der Waals surface area (Å²) < 4.78 is 1.43. The maximum absolute atomic E-state index is 9.59. The van der Waals surface area contributed by atoms with Crippen molar-refractivity contribution in [2.75, 3.05) is 0 Å². The topological polar surface area (TPSA) is 51.2 Å². The van der Waals surface area contributed by atoms with Gasteiger partial charge in [-0.1, -0.05) is 0 Å². The van der Waals surface area contributed by atoms with Crippen LogP contribution in [0.1, 0.15) is 0 Å². The van der Waals surface area contributed by atoms with Gasteiger partial charge >= 0.3 is 45.4 Å². The summed E-state index contributed by atoms with van der Waals surface area (Å²) in [6, 6.07) is 0. The van der Waals surface area contributed by atoms with E-state index in [9.17, 15) is 14.4 Å². The quantitative estimate of drug-likeness (QED) is 0.631. The molecule has 0 bridgehead atoms. The van der Waals surface area contributed by atoms with E-state index in [1.54, 1.807) is 0 Å². The molecule has 0 N–H and O–H groups in total. The van der Waals surface area contributed by atoms with Crippen LogP contribution in [0.5, 0.6) is 0 Å². The van der Waals surface area contributed by atoms with Crippen LogP contribution in [0.25, 0.3) is 0 Å². The molecular formula is C3H3O3Re. The van der Waals surface area contributed by atoms with Gasteiger partial charge in [-0.2, -0.15) is 0 Å². The molecule has 0 saturated carbocycles. The second-order valence-corrected chi connectivity index (χ2v) is 5.28. The van der Waals surface area contributed by atoms with Crippen LogP contribution < -0.4 is 0 Å². The van der Waals surface area contributed by atoms with E-state index in [4.69, 9.17) is 0 Å². The Hall–Kier alpha value is -0.328. The predicted octanol–water partition coefficient (Wildman–Crippen LogP) is -0.825. The molecule has 3 nitrogen and oxygen atoms in total. The summed E-state index contributed by atoms with van der Waals surface area (Å²) in [7, 11) is 0. The van der Waals surface area contributed by atoms with Gasteiger partial charge < -0.3 is 0 Å². The van der Waals surface area contributed by atoms with Gasteiger partial charge in [-0.25, -0.2) is 0 Å². The van der Waals surface area contributed by atoms with Gasteiger partial charge in [0.25, 0.3) is 0 Å². The predicted molar refractivity (Wildman–Crippen MR) is 20.3 cm³/mol. The average molecular weight is 273 g/mol. The van der Waals surface area contributed by atoms with Crippen molar-refractivity contribution in [2.45, 2.75) is 0 Å². The number of rotatable bonds is 3. The standard InChI is InChI=1S/3CHO.Re/c3*1-2;/h3*1H;. The Morgan fingerprint density at radius 3 is 1.14 bits per heavy atom. The first kappa shape index (κ1) is 6.67. The van der Waals surface area contributed by atoms with E-state index in [1.807, 2.05) is 0 Å². The fourth-order valence-corrected chi connectivity index (χ4v) is 0.516. The molecule has 0 fully saturated rings. The van der Waals surface area contributed by atoms with E-state index in [-0.39, 0.29) is 0 Å². The summed E-state index contributed by atoms with van der Waals surface area (Å²) in [6.45, 7) is 0. The zero-order valence-electron chi connectivity index (χ0n) is 3.33. The van der Waals surface area contributed by atoms with Crippen LogP contribution in [0, 0.1) is 0 Å². The summed E-state index contributed by atoms with van der Waals surface area (Å²) in [5, 5.41) is 0. The summed E-state index contributed by atoms with van der Waals surface area (Å²) in [4.78, 5) is 28.8. The summed E-state index contributed by atoms with van der Waals surface area (Å²) in [5.74, 6) is 0. The molecule has 7 heavy (non-hydrogen) atoms. The Kier molecular flexibility index (Phi) is 3.67. The Morgan fingerprint density at radius 1 is 0.857 bits per heavy atom. The summed E-state index contributed by atoms with van der Waals surface area (Å²) >= 11 is -2.60. The molecule has 4 heteroatoms. The molecule has 0 saturated heterocycles. The number of hydrogen-bond donors (Lipinski definition) is 0. The minimum absolute atomic E-state index is 0.477. The summed E-state index contributed by atoms with van der Waals surface area (Å²) in [6.07, 6.45) is 0. The van der Waals surface area contributed by atoms with E-state index < -0.39 is 16.8 Å². The van der Waals surface area contributed by atoms with E-state index in [0.717, 1.165) is 0 Å². The molecule has 0 radical (unpaired) electrons. The van der Waals surface area contributed by atoms with Gasteiger partial charge in [0, 0.05) is 0 Å². The number of hydrogen-bond acceptors (Lipinski definition) is 3. The van der Waals surface area contributed by atoms with Crippen LogP contribution in [-0.2, 0) is 31.1 Å². The molecule has 0 atom stereocenters. The Morgan fingerprint density at radius 2 is 1.14 bits per heavy atom. The van der Waals surface area contributed by atoms with Crippen molar-refractivity contribution < 1.29 is 31.1 Å². The molecule has 0 unspecified atom stereocenters. The fraction of sp³-hybridized carbons (Fsp3) is 0. The number of carbonyl (C=O) groups is 3. The van der Waals surface area contributed by atoms with Gasteiger partial charge in [-0.15, -0.1) is 0 Å². The molecular weight excluding hydrogens is 270 g/mol. The van der Waals surface area contributed by atoms with Crippen LogP contribution in [0.2, 0.25) is 0 Å². The first-order chi connectivity index (χ1) is 3.35. The van der Waals surface area contributed by atoms with E-state index >= 15 is 0 Å². The van der Waals surface area contributed by atoms with Gasteiger partial charge in [0.2, 0.25) is 0 Å².